The van der Waals surface area contributed by atoms with Crippen molar-refractivity contribution in [1.29, 1.82) is 0 Å². The molecule has 0 saturated carbocycles. The van der Waals surface area contributed by atoms with Gasteiger partial charge in [0.15, 0.2) is 0 Å². The van der Waals surface area contributed by atoms with Crippen LogP contribution in [-0.2, 0) is 6.42 Å². The van der Waals surface area contributed by atoms with Crippen molar-refractivity contribution < 1.29 is 4.92 Å². The van der Waals surface area contributed by atoms with Gasteiger partial charge in [-0.05, 0) is 19.4 Å². The van der Waals surface area contributed by atoms with Crippen molar-refractivity contribution in [3.63, 3.8) is 0 Å². The minimum Gasteiger partial charge on any atom is -0.383 e. The van der Waals surface area contributed by atoms with E-state index >= 15 is 0 Å². The summed E-state index contributed by atoms with van der Waals surface area (Å²) in [5.41, 5.74) is 6.72. The van der Waals surface area contributed by atoms with E-state index in [-0.39, 0.29) is 5.69 Å². The van der Waals surface area contributed by atoms with Crippen molar-refractivity contribution in [2.75, 3.05) is 5.73 Å². The summed E-state index contributed by atoms with van der Waals surface area (Å²) in [6.07, 6.45) is 1.65. The number of hydrogen-bond donors (Lipinski definition) is 1. The second-order valence-electron chi connectivity index (χ2n) is 4.53. The normalized spacial score (nSPS) is 10.6. The van der Waals surface area contributed by atoms with Gasteiger partial charge in [-0.25, -0.2) is 9.97 Å². The van der Waals surface area contributed by atoms with Crippen molar-refractivity contribution in [1.82, 2.24) is 9.97 Å². The molecule has 1 heterocycles. The zero-order valence-electron chi connectivity index (χ0n) is 11.9. The van der Waals surface area contributed by atoms with Crippen LogP contribution in [0.1, 0.15) is 24.7 Å². The van der Waals surface area contributed by atoms with Crippen LogP contribution < -0.4 is 5.73 Å². The number of nitrogen functional groups attached to an aromatic ring is 1. The highest BCUT2D eigenvalue weighted by Crippen LogP contribution is 2.36. The van der Waals surface area contributed by atoms with Crippen molar-refractivity contribution in [3.8, 4) is 0 Å². The number of para-hydroxylation sites is 1. The van der Waals surface area contributed by atoms with Gasteiger partial charge in [0.2, 0.25) is 0 Å². The quantitative estimate of drug-likeness (QED) is 0.517. The van der Waals surface area contributed by atoms with E-state index in [9.17, 15) is 10.1 Å². The first kappa shape index (κ1) is 15.2. The maximum atomic E-state index is 11.1. The van der Waals surface area contributed by atoms with Crippen LogP contribution in [0.5, 0.6) is 0 Å². The van der Waals surface area contributed by atoms with Gasteiger partial charge in [-0.2, -0.15) is 0 Å². The third-order valence-electron chi connectivity index (χ3n) is 2.93. The number of aryl methyl sites for hydroxylation is 1. The molecule has 7 heteroatoms. The number of hydrogen-bond acceptors (Lipinski definition) is 6. The van der Waals surface area contributed by atoms with Gasteiger partial charge in [-0.3, -0.25) is 10.1 Å². The zero-order valence-corrected chi connectivity index (χ0v) is 12.7. The Morgan fingerprint density at radius 3 is 2.71 bits per heavy atom. The lowest BCUT2D eigenvalue weighted by molar-refractivity contribution is -0.387. The van der Waals surface area contributed by atoms with E-state index in [1.165, 1.54) is 17.8 Å². The first-order chi connectivity index (χ1) is 10.0. The maximum absolute atomic E-state index is 11.1. The molecule has 6 nitrogen and oxygen atoms in total. The fraction of sp³-hybridized carbons (Fsp3) is 0.286. The largest absolute Gasteiger partial charge is 0.383 e. The molecule has 0 aliphatic carbocycles. The van der Waals surface area contributed by atoms with E-state index < -0.39 is 4.92 Å². The molecule has 0 fully saturated rings. The van der Waals surface area contributed by atoms with E-state index in [0.29, 0.717) is 21.6 Å². The summed E-state index contributed by atoms with van der Waals surface area (Å²) in [5.74, 6) is 1.09. The van der Waals surface area contributed by atoms with Gasteiger partial charge in [0.1, 0.15) is 16.7 Å². The van der Waals surface area contributed by atoms with Crippen LogP contribution in [0.3, 0.4) is 0 Å². The summed E-state index contributed by atoms with van der Waals surface area (Å²) in [6, 6.07) is 6.60. The van der Waals surface area contributed by atoms with Gasteiger partial charge in [0.25, 0.3) is 5.69 Å². The smallest absolute Gasteiger partial charge is 0.283 e. The Labute approximate surface area is 127 Å². The molecular formula is C14H16N4O2S. The molecule has 0 unspecified atom stereocenters. The highest BCUT2D eigenvalue weighted by Gasteiger charge is 2.17. The fourth-order valence-electron chi connectivity index (χ4n) is 1.79. The number of benzene rings is 1. The maximum Gasteiger partial charge on any atom is 0.283 e. The van der Waals surface area contributed by atoms with Gasteiger partial charge < -0.3 is 5.73 Å². The Balaban J connectivity index is 2.42. The SMILES string of the molecule is CCCc1nc(N)c(C)c(Sc2ccccc2[N+](=O)[O-])n1. The van der Waals surface area contributed by atoms with Crippen LogP contribution in [0.15, 0.2) is 34.2 Å². The molecule has 110 valence electrons. The number of nitrogens with two attached hydrogens (primary N) is 1. The molecule has 0 bridgehead atoms. The standard InChI is InChI=1S/C14H16N4O2S/c1-3-6-12-16-13(15)9(2)14(17-12)21-11-8-5-4-7-10(11)18(19)20/h4-5,7-8H,3,6H2,1-2H3,(H2,15,16,17). The predicted octanol–water partition coefficient (Wildman–Crippen LogP) is 3.38. The van der Waals surface area contributed by atoms with E-state index in [2.05, 4.69) is 9.97 Å². The third kappa shape index (κ3) is 3.49. The van der Waals surface area contributed by atoms with Gasteiger partial charge >= 0.3 is 0 Å². The molecule has 1 aromatic heterocycles. The summed E-state index contributed by atoms with van der Waals surface area (Å²) in [6.45, 7) is 3.86. The molecule has 0 atom stereocenters. The molecule has 0 spiro atoms. The van der Waals surface area contributed by atoms with Crippen molar-refractivity contribution in [2.24, 2.45) is 0 Å². The van der Waals surface area contributed by atoms with Gasteiger partial charge in [0.05, 0.1) is 9.82 Å². The Bertz CT molecular complexity index is 676. The summed E-state index contributed by atoms with van der Waals surface area (Å²) >= 11 is 1.25. The van der Waals surface area contributed by atoms with Crippen molar-refractivity contribution in [3.05, 3.63) is 45.8 Å². The van der Waals surface area contributed by atoms with Gasteiger partial charge in [-0.15, -0.1) is 0 Å². The second kappa shape index (κ2) is 6.53. The third-order valence-corrected chi connectivity index (χ3v) is 4.08. The zero-order chi connectivity index (χ0) is 15.4. The van der Waals surface area contributed by atoms with Crippen molar-refractivity contribution >= 4 is 23.3 Å². The molecule has 2 N–H and O–H groups in total. The molecule has 2 aromatic rings. The summed E-state index contributed by atoms with van der Waals surface area (Å²) < 4.78 is 0. The Morgan fingerprint density at radius 1 is 1.33 bits per heavy atom. The van der Waals surface area contributed by atoms with Crippen LogP contribution in [-0.4, -0.2) is 14.9 Å². The lowest BCUT2D eigenvalue weighted by atomic mass is 10.3. The Morgan fingerprint density at radius 2 is 2.05 bits per heavy atom. The minimum atomic E-state index is -0.394. The highest BCUT2D eigenvalue weighted by molar-refractivity contribution is 7.99. The average molecular weight is 304 g/mol. The van der Waals surface area contributed by atoms with Crippen LogP contribution in [0, 0.1) is 17.0 Å². The molecule has 1 aromatic carbocycles. The average Bonchev–Trinajstić information content (AvgIpc) is 2.45. The van der Waals surface area contributed by atoms with E-state index in [1.807, 2.05) is 13.8 Å². The number of rotatable bonds is 5. The minimum absolute atomic E-state index is 0.0659. The molecule has 0 amide bonds. The molecule has 0 aliphatic rings. The van der Waals surface area contributed by atoms with Crippen LogP contribution >= 0.6 is 11.8 Å². The van der Waals surface area contributed by atoms with Crippen LogP contribution in [0.4, 0.5) is 11.5 Å². The predicted molar refractivity (Wildman–Crippen MR) is 82.4 cm³/mol. The van der Waals surface area contributed by atoms with Crippen molar-refractivity contribution in [2.45, 2.75) is 36.6 Å². The lowest BCUT2D eigenvalue weighted by Crippen LogP contribution is -2.04. The number of nitro groups is 1. The molecule has 0 radical (unpaired) electrons. The Hall–Kier alpha value is -2.15. The highest BCUT2D eigenvalue weighted by atomic mass is 32.2. The molecule has 21 heavy (non-hydrogen) atoms. The molecule has 2 rings (SSSR count). The lowest BCUT2D eigenvalue weighted by Gasteiger charge is -2.09. The number of nitro benzene ring substituents is 1. The molecular weight excluding hydrogens is 288 g/mol. The number of anilines is 1. The van der Waals surface area contributed by atoms with Gasteiger partial charge in [0, 0.05) is 18.1 Å². The van der Waals surface area contributed by atoms with E-state index in [4.69, 9.17) is 5.73 Å². The summed E-state index contributed by atoms with van der Waals surface area (Å²) in [4.78, 5) is 19.9. The number of nitrogens with zero attached hydrogens (tertiary/aromatic N) is 3. The Kier molecular flexibility index (Phi) is 4.74. The summed E-state index contributed by atoms with van der Waals surface area (Å²) in [7, 11) is 0. The van der Waals surface area contributed by atoms with Gasteiger partial charge in [-0.1, -0.05) is 30.8 Å². The topological polar surface area (TPSA) is 94.9 Å². The monoisotopic (exact) mass is 304 g/mol. The molecule has 0 aliphatic heterocycles. The first-order valence-electron chi connectivity index (χ1n) is 6.57. The second-order valence-corrected chi connectivity index (χ2v) is 5.56. The van der Waals surface area contributed by atoms with E-state index in [0.717, 1.165) is 18.4 Å². The fourth-order valence-corrected chi connectivity index (χ4v) is 2.80. The number of aromatic nitrogens is 2. The van der Waals surface area contributed by atoms with Crippen LogP contribution in [0.2, 0.25) is 0 Å². The summed E-state index contributed by atoms with van der Waals surface area (Å²) in [5, 5.41) is 11.7. The first-order valence-corrected chi connectivity index (χ1v) is 7.38. The van der Waals surface area contributed by atoms with Crippen LogP contribution in [0.25, 0.3) is 0 Å². The van der Waals surface area contributed by atoms with E-state index in [1.54, 1.807) is 18.2 Å². The molecule has 0 saturated heterocycles.